The third-order valence-corrected chi connectivity index (χ3v) is 3.55. The molecule has 0 bridgehead atoms. The maximum absolute atomic E-state index is 12.8. The molecule has 112 valence electrons. The summed E-state index contributed by atoms with van der Waals surface area (Å²) in [6.07, 6.45) is -2.50. The molecule has 0 aliphatic carbocycles. The van der Waals surface area contributed by atoms with Crippen molar-refractivity contribution in [1.29, 1.82) is 0 Å². The standard InChI is InChI=1S/C13H16ClF3N2O/c1-20-8-9-3-2-4-19(7-9)12-6-10(13(15,16)17)5-11(14)18-12/h5-6,9H,2-4,7-8H2,1H3. The summed E-state index contributed by atoms with van der Waals surface area (Å²) < 4.78 is 43.5. The molecule has 3 nitrogen and oxygen atoms in total. The maximum atomic E-state index is 12.8. The van der Waals surface area contributed by atoms with Gasteiger partial charge in [-0.1, -0.05) is 11.6 Å². The zero-order chi connectivity index (χ0) is 14.8. The number of piperidine rings is 1. The Balaban J connectivity index is 2.21. The van der Waals surface area contributed by atoms with Crippen LogP contribution in [0.2, 0.25) is 5.15 Å². The van der Waals surface area contributed by atoms with E-state index in [2.05, 4.69) is 4.98 Å². The fourth-order valence-electron chi connectivity index (χ4n) is 2.45. The van der Waals surface area contributed by atoms with Gasteiger partial charge in [-0.15, -0.1) is 0 Å². The first-order chi connectivity index (χ1) is 9.40. The van der Waals surface area contributed by atoms with E-state index in [4.69, 9.17) is 16.3 Å². The number of hydrogen-bond donors (Lipinski definition) is 0. The molecule has 1 fully saturated rings. The molecule has 1 saturated heterocycles. The fourth-order valence-corrected chi connectivity index (χ4v) is 2.66. The van der Waals surface area contributed by atoms with Gasteiger partial charge in [-0.3, -0.25) is 0 Å². The first kappa shape index (κ1) is 15.4. The lowest BCUT2D eigenvalue weighted by atomic mass is 9.99. The summed E-state index contributed by atoms with van der Waals surface area (Å²) in [4.78, 5) is 5.86. The quantitative estimate of drug-likeness (QED) is 0.798. The van der Waals surface area contributed by atoms with Gasteiger partial charge in [0.05, 0.1) is 12.2 Å². The third kappa shape index (κ3) is 3.76. The van der Waals surface area contributed by atoms with Crippen LogP contribution in [0.5, 0.6) is 0 Å². The van der Waals surface area contributed by atoms with Crippen LogP contribution >= 0.6 is 11.6 Å². The molecule has 2 rings (SSSR count). The predicted molar refractivity (Wildman–Crippen MR) is 71.1 cm³/mol. The van der Waals surface area contributed by atoms with Crippen molar-refractivity contribution < 1.29 is 17.9 Å². The van der Waals surface area contributed by atoms with E-state index in [0.29, 0.717) is 25.6 Å². The Hall–Kier alpha value is -1.01. The van der Waals surface area contributed by atoms with E-state index in [-0.39, 0.29) is 11.0 Å². The molecule has 0 spiro atoms. The molecule has 1 aliphatic heterocycles. The van der Waals surface area contributed by atoms with Crippen LogP contribution in [0, 0.1) is 5.92 Å². The van der Waals surface area contributed by atoms with Crippen molar-refractivity contribution in [2.24, 2.45) is 5.92 Å². The topological polar surface area (TPSA) is 25.4 Å². The van der Waals surface area contributed by atoms with Crippen LogP contribution in [-0.4, -0.2) is 31.8 Å². The van der Waals surface area contributed by atoms with E-state index in [0.717, 1.165) is 25.0 Å². The number of anilines is 1. The van der Waals surface area contributed by atoms with Crippen LogP contribution in [0.3, 0.4) is 0 Å². The SMILES string of the molecule is COCC1CCCN(c2cc(C(F)(F)F)cc(Cl)n2)C1. The van der Waals surface area contributed by atoms with Crippen LogP contribution < -0.4 is 4.90 Å². The Kier molecular flexibility index (Phi) is 4.75. The van der Waals surface area contributed by atoms with Crippen molar-refractivity contribution in [3.8, 4) is 0 Å². The summed E-state index contributed by atoms with van der Waals surface area (Å²) in [6.45, 7) is 1.92. The Morgan fingerprint density at radius 2 is 2.20 bits per heavy atom. The molecule has 1 aromatic heterocycles. The molecule has 0 radical (unpaired) electrons. The second kappa shape index (κ2) is 6.18. The Labute approximate surface area is 120 Å². The molecular formula is C13H16ClF3N2O. The largest absolute Gasteiger partial charge is 0.416 e. The highest BCUT2D eigenvalue weighted by Gasteiger charge is 2.32. The molecule has 2 heterocycles. The Bertz CT molecular complexity index is 465. The molecule has 0 saturated carbocycles. The minimum atomic E-state index is -4.41. The van der Waals surface area contributed by atoms with Gasteiger partial charge in [0, 0.05) is 20.2 Å². The van der Waals surface area contributed by atoms with Gasteiger partial charge >= 0.3 is 6.18 Å². The first-order valence-electron chi connectivity index (χ1n) is 6.39. The maximum Gasteiger partial charge on any atom is 0.416 e. The number of aromatic nitrogens is 1. The summed E-state index contributed by atoms with van der Waals surface area (Å²) in [5.74, 6) is 0.592. The van der Waals surface area contributed by atoms with Crippen molar-refractivity contribution in [3.05, 3.63) is 22.8 Å². The lowest BCUT2D eigenvalue weighted by Gasteiger charge is -2.33. The number of halogens is 4. The smallest absolute Gasteiger partial charge is 0.384 e. The van der Waals surface area contributed by atoms with E-state index in [1.165, 1.54) is 0 Å². The van der Waals surface area contributed by atoms with Gasteiger partial charge in [0.1, 0.15) is 11.0 Å². The lowest BCUT2D eigenvalue weighted by molar-refractivity contribution is -0.137. The van der Waals surface area contributed by atoms with Gasteiger partial charge in [-0.2, -0.15) is 13.2 Å². The molecule has 1 atom stereocenters. The molecule has 20 heavy (non-hydrogen) atoms. The summed E-state index contributed by atoms with van der Waals surface area (Å²) in [7, 11) is 1.62. The van der Waals surface area contributed by atoms with Gasteiger partial charge in [0.15, 0.2) is 0 Å². The van der Waals surface area contributed by atoms with Gasteiger partial charge in [-0.05, 0) is 30.9 Å². The second-order valence-electron chi connectivity index (χ2n) is 4.94. The van der Waals surface area contributed by atoms with Crippen LogP contribution in [-0.2, 0) is 10.9 Å². The number of hydrogen-bond acceptors (Lipinski definition) is 3. The van der Waals surface area contributed by atoms with Crippen LogP contribution in [0.25, 0.3) is 0 Å². The highest BCUT2D eigenvalue weighted by Crippen LogP contribution is 2.33. The van der Waals surface area contributed by atoms with E-state index < -0.39 is 11.7 Å². The summed E-state index contributed by atoms with van der Waals surface area (Å²) >= 11 is 5.71. The number of ether oxygens (including phenoxy) is 1. The lowest BCUT2D eigenvalue weighted by Crippen LogP contribution is -2.37. The zero-order valence-electron chi connectivity index (χ0n) is 11.1. The number of methoxy groups -OCH3 is 1. The van der Waals surface area contributed by atoms with E-state index in [9.17, 15) is 13.2 Å². The molecule has 0 amide bonds. The average Bonchev–Trinajstić information content (AvgIpc) is 2.38. The number of pyridine rings is 1. The molecule has 0 N–H and O–H groups in total. The molecule has 1 unspecified atom stereocenters. The van der Waals surface area contributed by atoms with Crippen LogP contribution in [0.4, 0.5) is 19.0 Å². The van der Waals surface area contributed by atoms with E-state index in [1.54, 1.807) is 7.11 Å². The van der Waals surface area contributed by atoms with Gasteiger partial charge in [0.25, 0.3) is 0 Å². The minimum absolute atomic E-state index is 0.135. The van der Waals surface area contributed by atoms with Crippen LogP contribution in [0.15, 0.2) is 12.1 Å². The van der Waals surface area contributed by atoms with Crippen molar-refractivity contribution in [3.63, 3.8) is 0 Å². The van der Waals surface area contributed by atoms with E-state index >= 15 is 0 Å². The number of nitrogens with zero attached hydrogens (tertiary/aromatic N) is 2. The molecular weight excluding hydrogens is 293 g/mol. The molecule has 7 heteroatoms. The Morgan fingerprint density at radius 3 is 2.85 bits per heavy atom. The second-order valence-corrected chi connectivity index (χ2v) is 5.33. The normalized spacial score (nSPS) is 20.2. The van der Waals surface area contributed by atoms with Crippen molar-refractivity contribution in [2.45, 2.75) is 19.0 Å². The summed E-state index contributed by atoms with van der Waals surface area (Å²) in [5, 5.41) is -0.135. The van der Waals surface area contributed by atoms with Crippen molar-refractivity contribution in [1.82, 2.24) is 4.98 Å². The number of rotatable bonds is 3. The third-order valence-electron chi connectivity index (χ3n) is 3.35. The monoisotopic (exact) mass is 308 g/mol. The fraction of sp³-hybridized carbons (Fsp3) is 0.615. The first-order valence-corrected chi connectivity index (χ1v) is 6.76. The van der Waals surface area contributed by atoms with Crippen molar-refractivity contribution in [2.75, 3.05) is 31.7 Å². The van der Waals surface area contributed by atoms with Gasteiger partial charge < -0.3 is 9.64 Å². The van der Waals surface area contributed by atoms with Gasteiger partial charge in [-0.25, -0.2) is 4.98 Å². The molecule has 1 aromatic rings. The highest BCUT2D eigenvalue weighted by molar-refractivity contribution is 6.29. The Morgan fingerprint density at radius 1 is 1.45 bits per heavy atom. The van der Waals surface area contributed by atoms with E-state index in [1.807, 2.05) is 4.90 Å². The predicted octanol–water partition coefficient (Wildman–Crippen LogP) is 3.62. The number of alkyl halides is 3. The molecule has 0 aromatic carbocycles. The van der Waals surface area contributed by atoms with Crippen molar-refractivity contribution >= 4 is 17.4 Å². The average molecular weight is 309 g/mol. The zero-order valence-corrected chi connectivity index (χ0v) is 11.8. The highest BCUT2D eigenvalue weighted by atomic mass is 35.5. The summed E-state index contributed by atoms with van der Waals surface area (Å²) in [6, 6.07) is 1.91. The summed E-state index contributed by atoms with van der Waals surface area (Å²) in [5.41, 5.74) is -0.763. The minimum Gasteiger partial charge on any atom is -0.384 e. The molecule has 1 aliphatic rings. The van der Waals surface area contributed by atoms with Gasteiger partial charge in [0.2, 0.25) is 0 Å². The van der Waals surface area contributed by atoms with Crippen LogP contribution in [0.1, 0.15) is 18.4 Å².